The molecule has 1 aromatic carbocycles. The van der Waals surface area contributed by atoms with Crippen LogP contribution in [0, 0.1) is 5.92 Å². The molecule has 0 saturated carbocycles. The highest BCUT2D eigenvalue weighted by Gasteiger charge is 2.30. The molecule has 1 heterocycles. The molecule has 0 fully saturated rings. The lowest BCUT2D eigenvalue weighted by Gasteiger charge is -2.16. The average molecular weight is 259 g/mol. The Labute approximate surface area is 112 Å². The maximum Gasteiger partial charge on any atom is 0.261 e. The number of carbonyl (C=O) groups excluding carboxylic acids is 1. The fraction of sp³-hybridized carbons (Fsp3) is 0.400. The Morgan fingerprint density at radius 1 is 1.37 bits per heavy atom. The number of aliphatic hydroxyl groups excluding tert-OH is 1. The standard InChI is InChI=1S/C15H17NO3/c17-9-10-5-6-12(7-10)16-15(18)14-8-11-3-1-2-4-13(11)19-14/h1-6,10,12,14,17H,7-9H2,(H,16,18)/t10-,12+,14?/m0/s1. The molecule has 100 valence electrons. The highest BCUT2D eigenvalue weighted by molar-refractivity contribution is 5.83. The smallest absolute Gasteiger partial charge is 0.261 e. The molecule has 0 saturated heterocycles. The number of rotatable bonds is 3. The number of amides is 1. The summed E-state index contributed by atoms with van der Waals surface area (Å²) >= 11 is 0. The van der Waals surface area contributed by atoms with E-state index in [1.165, 1.54) is 0 Å². The Bertz CT molecular complexity index is 487. The van der Waals surface area contributed by atoms with Gasteiger partial charge < -0.3 is 15.2 Å². The van der Waals surface area contributed by atoms with Crippen molar-refractivity contribution in [1.82, 2.24) is 5.32 Å². The summed E-state index contributed by atoms with van der Waals surface area (Å²) < 4.78 is 5.65. The summed E-state index contributed by atoms with van der Waals surface area (Å²) in [6, 6.07) is 7.75. The molecule has 19 heavy (non-hydrogen) atoms. The van der Waals surface area contributed by atoms with E-state index in [1.54, 1.807) is 0 Å². The van der Waals surface area contributed by atoms with Gasteiger partial charge in [-0.25, -0.2) is 0 Å². The normalized spacial score (nSPS) is 27.9. The van der Waals surface area contributed by atoms with Gasteiger partial charge in [-0.2, -0.15) is 0 Å². The third kappa shape index (κ3) is 2.49. The quantitative estimate of drug-likeness (QED) is 0.798. The van der Waals surface area contributed by atoms with Crippen molar-refractivity contribution in [3.05, 3.63) is 42.0 Å². The predicted octanol–water partition coefficient (Wildman–Crippen LogP) is 1.04. The first-order chi connectivity index (χ1) is 9.26. The Morgan fingerprint density at radius 2 is 2.21 bits per heavy atom. The van der Waals surface area contributed by atoms with Gasteiger partial charge in [-0.05, 0) is 18.1 Å². The summed E-state index contributed by atoms with van der Waals surface area (Å²) in [6.07, 6.45) is 4.86. The molecule has 4 heteroatoms. The van der Waals surface area contributed by atoms with E-state index in [2.05, 4.69) is 5.32 Å². The van der Waals surface area contributed by atoms with E-state index in [4.69, 9.17) is 9.84 Å². The van der Waals surface area contributed by atoms with E-state index in [0.29, 0.717) is 6.42 Å². The number of carbonyl (C=O) groups is 1. The predicted molar refractivity (Wildman–Crippen MR) is 70.8 cm³/mol. The first-order valence-electron chi connectivity index (χ1n) is 6.60. The first-order valence-corrected chi connectivity index (χ1v) is 6.60. The number of aliphatic hydroxyl groups is 1. The van der Waals surface area contributed by atoms with Crippen LogP contribution in [0.3, 0.4) is 0 Å². The van der Waals surface area contributed by atoms with Gasteiger partial charge in [0.1, 0.15) is 5.75 Å². The second kappa shape index (κ2) is 5.05. The molecule has 0 bridgehead atoms. The van der Waals surface area contributed by atoms with Crippen molar-refractivity contribution in [2.45, 2.75) is 25.0 Å². The van der Waals surface area contributed by atoms with Crippen LogP contribution in [-0.4, -0.2) is 29.8 Å². The van der Waals surface area contributed by atoms with Gasteiger partial charge in [-0.1, -0.05) is 30.4 Å². The van der Waals surface area contributed by atoms with E-state index in [9.17, 15) is 4.79 Å². The molecular formula is C15H17NO3. The number of hydrogen-bond donors (Lipinski definition) is 2. The van der Waals surface area contributed by atoms with E-state index in [0.717, 1.165) is 17.7 Å². The summed E-state index contributed by atoms with van der Waals surface area (Å²) in [5, 5.41) is 12.0. The number of nitrogens with one attached hydrogen (secondary N) is 1. The van der Waals surface area contributed by atoms with Crippen LogP contribution in [0.1, 0.15) is 12.0 Å². The van der Waals surface area contributed by atoms with E-state index < -0.39 is 6.10 Å². The maximum atomic E-state index is 12.1. The zero-order valence-electron chi connectivity index (χ0n) is 10.6. The van der Waals surface area contributed by atoms with Crippen LogP contribution < -0.4 is 10.1 Å². The lowest BCUT2D eigenvalue weighted by molar-refractivity contribution is -0.127. The molecule has 1 aliphatic heterocycles. The highest BCUT2D eigenvalue weighted by atomic mass is 16.5. The van der Waals surface area contributed by atoms with Gasteiger partial charge in [0.05, 0.1) is 0 Å². The van der Waals surface area contributed by atoms with Crippen molar-refractivity contribution in [2.24, 2.45) is 5.92 Å². The number of para-hydroxylation sites is 1. The van der Waals surface area contributed by atoms with Crippen LogP contribution in [0.15, 0.2) is 36.4 Å². The lowest BCUT2D eigenvalue weighted by atomic mass is 10.1. The summed E-state index contributed by atoms with van der Waals surface area (Å²) in [4.78, 5) is 12.1. The first kappa shape index (κ1) is 12.2. The van der Waals surface area contributed by atoms with Crippen LogP contribution in [0.4, 0.5) is 0 Å². The number of benzene rings is 1. The number of ether oxygens (including phenoxy) is 1. The number of fused-ring (bicyclic) bond motifs is 1. The zero-order valence-corrected chi connectivity index (χ0v) is 10.6. The lowest BCUT2D eigenvalue weighted by Crippen LogP contribution is -2.42. The zero-order chi connectivity index (χ0) is 13.2. The van der Waals surface area contributed by atoms with Gasteiger partial charge in [0, 0.05) is 25.0 Å². The Kier molecular flexibility index (Phi) is 3.25. The largest absolute Gasteiger partial charge is 0.480 e. The Hall–Kier alpha value is -1.81. The molecule has 1 unspecified atom stereocenters. The molecule has 1 aliphatic carbocycles. The van der Waals surface area contributed by atoms with Gasteiger partial charge in [-0.15, -0.1) is 0 Å². The van der Waals surface area contributed by atoms with Crippen LogP contribution in [-0.2, 0) is 11.2 Å². The second-order valence-corrected chi connectivity index (χ2v) is 5.10. The maximum absolute atomic E-state index is 12.1. The Morgan fingerprint density at radius 3 is 2.95 bits per heavy atom. The molecule has 1 amide bonds. The number of hydrogen-bond acceptors (Lipinski definition) is 3. The average Bonchev–Trinajstić information content (AvgIpc) is 3.04. The Balaban J connectivity index is 1.57. The fourth-order valence-electron chi connectivity index (χ4n) is 2.62. The van der Waals surface area contributed by atoms with Crippen LogP contribution >= 0.6 is 0 Å². The van der Waals surface area contributed by atoms with E-state index >= 15 is 0 Å². The monoisotopic (exact) mass is 259 g/mol. The second-order valence-electron chi connectivity index (χ2n) is 5.10. The summed E-state index contributed by atoms with van der Waals surface area (Å²) in [7, 11) is 0. The summed E-state index contributed by atoms with van der Waals surface area (Å²) in [5.74, 6) is 0.884. The molecule has 2 N–H and O–H groups in total. The van der Waals surface area contributed by atoms with Crippen molar-refractivity contribution >= 4 is 5.91 Å². The van der Waals surface area contributed by atoms with Gasteiger partial charge in [0.15, 0.2) is 6.10 Å². The molecule has 3 atom stereocenters. The SMILES string of the molecule is O=C(N[C@@H]1C=C[C@H](CO)C1)C1Cc2ccccc2O1. The summed E-state index contributed by atoms with van der Waals surface area (Å²) in [5.41, 5.74) is 1.08. The topological polar surface area (TPSA) is 58.6 Å². The van der Waals surface area contributed by atoms with Crippen LogP contribution in [0.2, 0.25) is 0 Å². The van der Waals surface area contributed by atoms with E-state index in [1.807, 2.05) is 36.4 Å². The van der Waals surface area contributed by atoms with Gasteiger partial charge in [0.2, 0.25) is 0 Å². The van der Waals surface area contributed by atoms with Crippen molar-refractivity contribution in [3.8, 4) is 5.75 Å². The third-order valence-corrected chi connectivity index (χ3v) is 3.67. The van der Waals surface area contributed by atoms with Crippen molar-refractivity contribution < 1.29 is 14.6 Å². The third-order valence-electron chi connectivity index (χ3n) is 3.67. The minimum atomic E-state index is -0.432. The van der Waals surface area contributed by atoms with Gasteiger partial charge >= 0.3 is 0 Å². The molecular weight excluding hydrogens is 242 g/mol. The van der Waals surface area contributed by atoms with Crippen molar-refractivity contribution in [1.29, 1.82) is 0 Å². The molecule has 0 aromatic heterocycles. The van der Waals surface area contributed by atoms with Crippen molar-refractivity contribution in [3.63, 3.8) is 0 Å². The molecule has 3 rings (SSSR count). The van der Waals surface area contributed by atoms with Gasteiger partial charge in [-0.3, -0.25) is 4.79 Å². The van der Waals surface area contributed by atoms with E-state index in [-0.39, 0.29) is 24.5 Å². The minimum Gasteiger partial charge on any atom is -0.480 e. The minimum absolute atomic E-state index is 0.0111. The van der Waals surface area contributed by atoms with Gasteiger partial charge in [0.25, 0.3) is 5.91 Å². The molecule has 0 radical (unpaired) electrons. The molecule has 2 aliphatic rings. The van der Waals surface area contributed by atoms with Crippen LogP contribution in [0.5, 0.6) is 5.75 Å². The molecule has 1 aromatic rings. The molecule has 0 spiro atoms. The summed E-state index contributed by atoms with van der Waals surface area (Å²) in [6.45, 7) is 0.133. The fourth-order valence-corrected chi connectivity index (χ4v) is 2.62. The molecule has 4 nitrogen and oxygen atoms in total. The van der Waals surface area contributed by atoms with Crippen molar-refractivity contribution in [2.75, 3.05) is 6.61 Å². The highest BCUT2D eigenvalue weighted by Crippen LogP contribution is 2.28. The van der Waals surface area contributed by atoms with Crippen LogP contribution in [0.25, 0.3) is 0 Å².